The normalized spacial score (nSPS) is 26.0. The molecule has 2 atom stereocenters. The van der Waals surface area contributed by atoms with E-state index in [1.54, 1.807) is 6.08 Å². The summed E-state index contributed by atoms with van der Waals surface area (Å²) in [5.74, 6) is 0. The quantitative estimate of drug-likeness (QED) is 0.723. The lowest BCUT2D eigenvalue weighted by molar-refractivity contribution is -0.0403. The van der Waals surface area contributed by atoms with Crippen molar-refractivity contribution < 1.29 is 10.2 Å². The molecule has 0 unspecified atom stereocenters. The van der Waals surface area contributed by atoms with Crippen LogP contribution in [0, 0.1) is 0 Å². The standard InChI is InChI=1S/C12H19N3O2/c1-2-4-15-8-10(6-13-15)7-14-5-3-11(16)12(17)9-14/h2,6,8,11-12,16-17H,1,3-5,7,9H2/t11-,12-/m0/s1. The van der Waals surface area contributed by atoms with Crippen molar-refractivity contribution >= 4 is 0 Å². The summed E-state index contributed by atoms with van der Waals surface area (Å²) in [7, 11) is 0. The van der Waals surface area contributed by atoms with Crippen molar-refractivity contribution in [1.29, 1.82) is 0 Å². The van der Waals surface area contributed by atoms with Gasteiger partial charge in [-0.15, -0.1) is 6.58 Å². The predicted molar refractivity (Wildman–Crippen MR) is 64.3 cm³/mol. The van der Waals surface area contributed by atoms with Gasteiger partial charge in [0.15, 0.2) is 0 Å². The van der Waals surface area contributed by atoms with Gasteiger partial charge in [-0.05, 0) is 6.42 Å². The Labute approximate surface area is 101 Å². The van der Waals surface area contributed by atoms with Crippen LogP contribution in [0.15, 0.2) is 25.0 Å². The van der Waals surface area contributed by atoms with Crippen LogP contribution in [-0.4, -0.2) is 50.2 Å². The third-order valence-electron chi connectivity index (χ3n) is 3.04. The first kappa shape index (κ1) is 12.3. The topological polar surface area (TPSA) is 61.5 Å². The third-order valence-corrected chi connectivity index (χ3v) is 3.04. The molecule has 2 rings (SSSR count). The van der Waals surface area contributed by atoms with E-state index in [9.17, 15) is 10.2 Å². The van der Waals surface area contributed by atoms with E-state index in [4.69, 9.17) is 0 Å². The van der Waals surface area contributed by atoms with Crippen LogP contribution < -0.4 is 0 Å². The van der Waals surface area contributed by atoms with Crippen LogP contribution in [0.3, 0.4) is 0 Å². The molecule has 0 aliphatic carbocycles. The van der Waals surface area contributed by atoms with E-state index >= 15 is 0 Å². The van der Waals surface area contributed by atoms with Crippen molar-refractivity contribution in [2.24, 2.45) is 0 Å². The second-order valence-electron chi connectivity index (χ2n) is 4.52. The fourth-order valence-electron chi connectivity index (χ4n) is 2.11. The van der Waals surface area contributed by atoms with Gasteiger partial charge < -0.3 is 10.2 Å². The van der Waals surface area contributed by atoms with Crippen molar-refractivity contribution in [3.8, 4) is 0 Å². The van der Waals surface area contributed by atoms with Crippen LogP contribution in [-0.2, 0) is 13.1 Å². The first-order chi connectivity index (χ1) is 8.19. The monoisotopic (exact) mass is 237 g/mol. The molecule has 1 saturated heterocycles. The summed E-state index contributed by atoms with van der Waals surface area (Å²) < 4.78 is 1.83. The number of likely N-dealkylation sites (tertiary alicyclic amines) is 1. The largest absolute Gasteiger partial charge is 0.390 e. The summed E-state index contributed by atoms with van der Waals surface area (Å²) in [6, 6.07) is 0. The fraction of sp³-hybridized carbons (Fsp3) is 0.583. The summed E-state index contributed by atoms with van der Waals surface area (Å²) in [6.07, 6.45) is 5.04. The molecule has 0 radical (unpaired) electrons. The highest BCUT2D eigenvalue weighted by Gasteiger charge is 2.25. The highest BCUT2D eigenvalue weighted by atomic mass is 16.3. The Balaban J connectivity index is 1.89. The smallest absolute Gasteiger partial charge is 0.0926 e. The molecular weight excluding hydrogens is 218 g/mol. The van der Waals surface area contributed by atoms with Gasteiger partial charge in [0.05, 0.1) is 24.9 Å². The zero-order valence-corrected chi connectivity index (χ0v) is 9.87. The Bertz CT molecular complexity index is 378. The van der Waals surface area contributed by atoms with Crippen molar-refractivity contribution in [2.75, 3.05) is 13.1 Å². The van der Waals surface area contributed by atoms with Crippen molar-refractivity contribution in [1.82, 2.24) is 14.7 Å². The molecule has 17 heavy (non-hydrogen) atoms. The molecular formula is C12H19N3O2. The third kappa shape index (κ3) is 3.15. The Hall–Kier alpha value is -1.17. The zero-order valence-electron chi connectivity index (χ0n) is 9.87. The minimum atomic E-state index is -0.632. The number of hydrogen-bond acceptors (Lipinski definition) is 4. The van der Waals surface area contributed by atoms with Gasteiger partial charge in [0.25, 0.3) is 0 Å². The zero-order chi connectivity index (χ0) is 12.3. The number of allylic oxidation sites excluding steroid dienone is 1. The highest BCUT2D eigenvalue weighted by molar-refractivity contribution is 5.04. The minimum Gasteiger partial charge on any atom is -0.390 e. The van der Waals surface area contributed by atoms with Gasteiger partial charge >= 0.3 is 0 Å². The minimum absolute atomic E-state index is 0.522. The second kappa shape index (κ2) is 5.44. The average molecular weight is 237 g/mol. The van der Waals surface area contributed by atoms with Gasteiger partial charge in [-0.25, -0.2) is 0 Å². The number of rotatable bonds is 4. The van der Waals surface area contributed by atoms with E-state index in [0.717, 1.165) is 18.7 Å². The molecule has 1 aliphatic rings. The van der Waals surface area contributed by atoms with Gasteiger partial charge in [-0.2, -0.15) is 5.10 Å². The number of piperidine rings is 1. The van der Waals surface area contributed by atoms with Crippen LogP contribution in [0.4, 0.5) is 0 Å². The van der Waals surface area contributed by atoms with Gasteiger partial charge in [0, 0.05) is 31.4 Å². The van der Waals surface area contributed by atoms with E-state index in [0.29, 0.717) is 19.5 Å². The lowest BCUT2D eigenvalue weighted by atomic mass is 10.0. The lowest BCUT2D eigenvalue weighted by Gasteiger charge is -2.32. The number of aromatic nitrogens is 2. The molecule has 2 N–H and O–H groups in total. The Morgan fingerprint density at radius 3 is 3.00 bits per heavy atom. The van der Waals surface area contributed by atoms with Crippen LogP contribution in [0.25, 0.3) is 0 Å². The Morgan fingerprint density at radius 2 is 2.29 bits per heavy atom. The Morgan fingerprint density at radius 1 is 1.47 bits per heavy atom. The number of aliphatic hydroxyl groups is 2. The average Bonchev–Trinajstić information content (AvgIpc) is 2.72. The number of aliphatic hydroxyl groups excluding tert-OH is 2. The molecule has 0 amide bonds. The van der Waals surface area contributed by atoms with Gasteiger partial charge in [0.2, 0.25) is 0 Å². The summed E-state index contributed by atoms with van der Waals surface area (Å²) >= 11 is 0. The molecule has 5 heteroatoms. The van der Waals surface area contributed by atoms with E-state index in [1.807, 2.05) is 17.1 Å². The first-order valence-electron chi connectivity index (χ1n) is 5.89. The number of nitrogens with zero attached hydrogens (tertiary/aromatic N) is 3. The molecule has 1 aromatic rings. The SMILES string of the molecule is C=CCn1cc(CN2CC[C@H](O)[C@@H](O)C2)cn1. The molecule has 0 aromatic carbocycles. The summed E-state index contributed by atoms with van der Waals surface area (Å²) in [5, 5.41) is 23.2. The molecule has 5 nitrogen and oxygen atoms in total. The fourth-order valence-corrected chi connectivity index (χ4v) is 2.11. The molecule has 0 bridgehead atoms. The van der Waals surface area contributed by atoms with Crippen molar-refractivity contribution in [3.05, 3.63) is 30.6 Å². The summed E-state index contributed by atoms with van der Waals surface area (Å²) in [5.41, 5.74) is 1.12. The highest BCUT2D eigenvalue weighted by Crippen LogP contribution is 2.13. The molecule has 1 fully saturated rings. The van der Waals surface area contributed by atoms with Crippen LogP contribution in [0.2, 0.25) is 0 Å². The van der Waals surface area contributed by atoms with E-state index in [2.05, 4.69) is 16.6 Å². The molecule has 1 aromatic heterocycles. The molecule has 0 spiro atoms. The Kier molecular flexibility index (Phi) is 3.93. The van der Waals surface area contributed by atoms with E-state index in [1.165, 1.54) is 0 Å². The summed E-state index contributed by atoms with van der Waals surface area (Å²) in [6.45, 7) is 6.47. The second-order valence-corrected chi connectivity index (χ2v) is 4.52. The van der Waals surface area contributed by atoms with Crippen molar-refractivity contribution in [2.45, 2.75) is 31.7 Å². The molecule has 2 heterocycles. The van der Waals surface area contributed by atoms with Crippen LogP contribution >= 0.6 is 0 Å². The first-order valence-corrected chi connectivity index (χ1v) is 5.89. The maximum atomic E-state index is 9.59. The maximum Gasteiger partial charge on any atom is 0.0926 e. The van der Waals surface area contributed by atoms with Gasteiger partial charge in [0.1, 0.15) is 0 Å². The number of β-amino-alcohol motifs (C(OH)–C–C–N with tert-alkyl or cyclic N) is 1. The lowest BCUT2D eigenvalue weighted by Crippen LogP contribution is -2.46. The van der Waals surface area contributed by atoms with Crippen LogP contribution in [0.1, 0.15) is 12.0 Å². The van der Waals surface area contributed by atoms with E-state index < -0.39 is 12.2 Å². The molecule has 94 valence electrons. The number of hydrogen-bond donors (Lipinski definition) is 2. The predicted octanol–water partition coefficient (Wildman–Crippen LogP) is -0.00340. The molecule has 1 aliphatic heterocycles. The maximum absolute atomic E-state index is 9.59. The van der Waals surface area contributed by atoms with Gasteiger partial charge in [-0.3, -0.25) is 9.58 Å². The van der Waals surface area contributed by atoms with Crippen LogP contribution in [0.5, 0.6) is 0 Å². The molecule has 0 saturated carbocycles. The van der Waals surface area contributed by atoms with Crippen molar-refractivity contribution in [3.63, 3.8) is 0 Å². The van der Waals surface area contributed by atoms with Gasteiger partial charge in [-0.1, -0.05) is 6.08 Å². The van der Waals surface area contributed by atoms with E-state index in [-0.39, 0.29) is 0 Å². The summed E-state index contributed by atoms with van der Waals surface area (Å²) in [4.78, 5) is 2.13.